The molecule has 0 aliphatic carbocycles. The maximum absolute atomic E-state index is 12.5. The number of carbonyl (C=O) groups is 1. The van der Waals surface area contributed by atoms with Crippen molar-refractivity contribution in [2.24, 2.45) is 5.92 Å². The second-order valence-electron chi connectivity index (χ2n) is 6.47. The minimum atomic E-state index is 0.0901. The van der Waals surface area contributed by atoms with Crippen LogP contribution in [-0.2, 0) is 11.2 Å². The summed E-state index contributed by atoms with van der Waals surface area (Å²) < 4.78 is 5.82. The van der Waals surface area contributed by atoms with Gasteiger partial charge in [0.25, 0.3) is 5.91 Å². The van der Waals surface area contributed by atoms with E-state index in [1.54, 1.807) is 0 Å². The van der Waals surface area contributed by atoms with Crippen LogP contribution in [0, 0.1) is 5.92 Å². The van der Waals surface area contributed by atoms with Gasteiger partial charge in [-0.05, 0) is 56.3 Å². The van der Waals surface area contributed by atoms with Crippen LogP contribution in [0.2, 0.25) is 0 Å². The molecule has 120 valence electrons. The van der Waals surface area contributed by atoms with E-state index >= 15 is 0 Å². The van der Waals surface area contributed by atoms with Gasteiger partial charge in [0, 0.05) is 13.1 Å². The molecule has 22 heavy (non-hydrogen) atoms. The molecule has 1 aromatic rings. The number of nitrogens with zero attached hydrogens (tertiary/aromatic N) is 1. The second kappa shape index (κ2) is 7.14. The van der Waals surface area contributed by atoms with Gasteiger partial charge in [-0.25, -0.2) is 0 Å². The zero-order valence-electron chi connectivity index (χ0n) is 13.4. The summed E-state index contributed by atoms with van der Waals surface area (Å²) in [5, 5.41) is 3.48. The fourth-order valence-corrected chi connectivity index (χ4v) is 3.71. The summed E-state index contributed by atoms with van der Waals surface area (Å²) in [4.78, 5) is 14.4. The van der Waals surface area contributed by atoms with Gasteiger partial charge in [0.2, 0.25) is 0 Å². The number of hydrogen-bond acceptors (Lipinski definition) is 3. The third kappa shape index (κ3) is 3.43. The highest BCUT2D eigenvalue weighted by molar-refractivity contribution is 5.78. The normalized spacial score (nSPS) is 27.0. The molecule has 3 rings (SSSR count). The molecule has 1 fully saturated rings. The smallest absolute Gasteiger partial charge is 0.260 e. The van der Waals surface area contributed by atoms with Crippen LogP contribution < -0.4 is 10.1 Å². The lowest BCUT2D eigenvalue weighted by molar-refractivity contribution is -0.135. The van der Waals surface area contributed by atoms with Gasteiger partial charge in [-0.15, -0.1) is 0 Å². The minimum Gasteiger partial charge on any atom is -0.483 e. The van der Waals surface area contributed by atoms with Crippen LogP contribution in [0.15, 0.2) is 24.3 Å². The molecule has 4 nitrogen and oxygen atoms in total. The molecule has 1 N–H and O–H groups in total. The van der Waals surface area contributed by atoms with E-state index in [0.717, 1.165) is 31.7 Å². The Bertz CT molecular complexity index is 518. The van der Waals surface area contributed by atoms with Gasteiger partial charge in [-0.2, -0.15) is 0 Å². The predicted octanol–water partition coefficient (Wildman–Crippen LogP) is 2.23. The van der Waals surface area contributed by atoms with Gasteiger partial charge in [0.15, 0.2) is 6.61 Å². The van der Waals surface area contributed by atoms with Gasteiger partial charge in [-0.1, -0.05) is 24.6 Å². The molecule has 1 saturated heterocycles. The Balaban J connectivity index is 1.78. The molecule has 0 spiro atoms. The van der Waals surface area contributed by atoms with E-state index in [9.17, 15) is 4.79 Å². The average molecular weight is 302 g/mol. The van der Waals surface area contributed by atoms with Crippen molar-refractivity contribution in [3.8, 4) is 5.75 Å². The minimum absolute atomic E-state index is 0.0901. The van der Waals surface area contributed by atoms with Crippen LogP contribution in [-0.4, -0.2) is 43.6 Å². The lowest BCUT2D eigenvalue weighted by atomic mass is 9.87. The number of carbonyl (C=O) groups excluding carboxylic acids is 1. The molecule has 2 heterocycles. The Morgan fingerprint density at radius 3 is 3.00 bits per heavy atom. The Morgan fingerprint density at radius 2 is 2.09 bits per heavy atom. The van der Waals surface area contributed by atoms with E-state index in [1.807, 2.05) is 30.1 Å². The summed E-state index contributed by atoms with van der Waals surface area (Å²) in [5.41, 5.74) is 1.22. The predicted molar refractivity (Wildman–Crippen MR) is 87.0 cm³/mol. The second-order valence-corrected chi connectivity index (χ2v) is 6.47. The van der Waals surface area contributed by atoms with Crippen LogP contribution in [0.25, 0.3) is 0 Å². The number of piperidine rings is 1. The molecule has 1 aromatic carbocycles. The van der Waals surface area contributed by atoms with Gasteiger partial charge in [0.1, 0.15) is 5.75 Å². The van der Waals surface area contributed by atoms with Gasteiger partial charge in [0.05, 0.1) is 0 Å². The van der Waals surface area contributed by atoms with Crippen molar-refractivity contribution in [1.29, 1.82) is 0 Å². The third-order valence-corrected chi connectivity index (χ3v) is 5.05. The van der Waals surface area contributed by atoms with Crippen molar-refractivity contribution < 1.29 is 9.53 Å². The summed E-state index contributed by atoms with van der Waals surface area (Å²) >= 11 is 0. The monoisotopic (exact) mass is 302 g/mol. The van der Waals surface area contributed by atoms with E-state index in [2.05, 4.69) is 11.4 Å². The van der Waals surface area contributed by atoms with Crippen molar-refractivity contribution in [3.05, 3.63) is 29.8 Å². The summed E-state index contributed by atoms with van der Waals surface area (Å²) in [6.45, 7) is 2.17. The maximum Gasteiger partial charge on any atom is 0.260 e. The largest absolute Gasteiger partial charge is 0.483 e. The van der Waals surface area contributed by atoms with Crippen molar-refractivity contribution in [1.82, 2.24) is 10.2 Å². The Morgan fingerprint density at radius 1 is 1.23 bits per heavy atom. The third-order valence-electron chi connectivity index (χ3n) is 5.05. The molecule has 0 bridgehead atoms. The fourth-order valence-electron chi connectivity index (χ4n) is 3.71. The van der Waals surface area contributed by atoms with Gasteiger partial charge in [-0.3, -0.25) is 4.79 Å². The topological polar surface area (TPSA) is 41.6 Å². The van der Waals surface area contributed by atoms with Crippen LogP contribution in [0.4, 0.5) is 0 Å². The summed E-state index contributed by atoms with van der Waals surface area (Å²) in [6, 6.07) is 8.46. The molecule has 4 heteroatoms. The number of aryl methyl sites for hydroxylation is 1. The molecule has 0 saturated carbocycles. The number of amides is 1. The quantitative estimate of drug-likeness (QED) is 0.799. The SMILES string of the molecule is CN1C(=O)COc2ccccc2CCCC[C@H]2CNCC[C@H]21. The number of ether oxygens (including phenoxy) is 1. The molecular weight excluding hydrogens is 276 g/mol. The molecule has 2 aliphatic rings. The van der Waals surface area contributed by atoms with Crippen LogP contribution >= 0.6 is 0 Å². The number of fused-ring (bicyclic) bond motifs is 2. The molecule has 2 atom stereocenters. The number of rotatable bonds is 0. The van der Waals surface area contributed by atoms with E-state index in [-0.39, 0.29) is 12.5 Å². The first kappa shape index (κ1) is 15.3. The Kier molecular flexibility index (Phi) is 4.98. The fraction of sp³-hybridized carbons (Fsp3) is 0.611. The molecule has 2 aliphatic heterocycles. The summed E-state index contributed by atoms with van der Waals surface area (Å²) in [5.74, 6) is 1.52. The molecular formula is C18H26N2O2. The number of benzene rings is 1. The van der Waals surface area contributed by atoms with E-state index in [0.29, 0.717) is 12.0 Å². The van der Waals surface area contributed by atoms with Crippen molar-refractivity contribution in [2.45, 2.75) is 38.1 Å². The summed E-state index contributed by atoms with van der Waals surface area (Å²) in [6.07, 6.45) is 5.66. The Hall–Kier alpha value is -1.55. The van der Waals surface area contributed by atoms with E-state index in [1.165, 1.54) is 24.8 Å². The van der Waals surface area contributed by atoms with Crippen molar-refractivity contribution in [3.63, 3.8) is 0 Å². The highest BCUT2D eigenvalue weighted by Gasteiger charge is 2.30. The standard InChI is InChI=1S/C18H26N2O2/c1-20-16-10-11-19-12-15(16)8-3-2-6-14-7-4-5-9-17(14)22-13-18(20)21/h4-5,7,9,15-16,19H,2-3,6,8,10-13H2,1H3/t15-,16+/m0/s1. The highest BCUT2D eigenvalue weighted by atomic mass is 16.5. The number of nitrogens with one attached hydrogen (secondary N) is 1. The molecule has 0 radical (unpaired) electrons. The van der Waals surface area contributed by atoms with Crippen LogP contribution in [0.1, 0.15) is 31.2 Å². The zero-order valence-corrected chi connectivity index (χ0v) is 13.4. The number of hydrogen-bond donors (Lipinski definition) is 1. The van der Waals surface area contributed by atoms with Crippen LogP contribution in [0.3, 0.4) is 0 Å². The van der Waals surface area contributed by atoms with Gasteiger partial charge >= 0.3 is 0 Å². The zero-order chi connectivity index (χ0) is 15.4. The number of para-hydroxylation sites is 1. The first-order valence-corrected chi connectivity index (χ1v) is 8.43. The Labute approximate surface area is 132 Å². The number of likely N-dealkylation sites (N-methyl/N-ethyl adjacent to an activating group) is 1. The maximum atomic E-state index is 12.5. The van der Waals surface area contributed by atoms with E-state index < -0.39 is 0 Å². The highest BCUT2D eigenvalue weighted by Crippen LogP contribution is 2.26. The van der Waals surface area contributed by atoms with Gasteiger partial charge < -0.3 is 15.0 Å². The average Bonchev–Trinajstić information content (AvgIpc) is 2.56. The lowest BCUT2D eigenvalue weighted by Crippen LogP contribution is -2.51. The van der Waals surface area contributed by atoms with E-state index in [4.69, 9.17) is 4.74 Å². The van der Waals surface area contributed by atoms with Crippen molar-refractivity contribution in [2.75, 3.05) is 26.7 Å². The molecule has 1 amide bonds. The lowest BCUT2D eigenvalue weighted by Gasteiger charge is -2.38. The first-order valence-electron chi connectivity index (χ1n) is 8.43. The van der Waals surface area contributed by atoms with Crippen LogP contribution in [0.5, 0.6) is 5.75 Å². The van der Waals surface area contributed by atoms with Crippen molar-refractivity contribution >= 4 is 5.91 Å². The first-order chi connectivity index (χ1) is 10.8. The molecule has 0 aromatic heterocycles. The molecule has 0 unspecified atom stereocenters. The summed E-state index contributed by atoms with van der Waals surface area (Å²) in [7, 11) is 1.94.